The van der Waals surface area contributed by atoms with Crippen LogP contribution in [0.1, 0.15) is 0 Å². The highest BCUT2D eigenvalue weighted by atomic mass is 79.9. The lowest BCUT2D eigenvalue weighted by Crippen LogP contribution is -1.98. The van der Waals surface area contributed by atoms with E-state index in [1.807, 2.05) is 42.5 Å². The molecule has 108 valence electrons. The number of hydrogen-bond donors (Lipinski definition) is 0. The average molecular weight is 356 g/mol. The number of rotatable bonds is 3. The first-order valence-corrected chi connectivity index (χ1v) is 7.41. The van der Waals surface area contributed by atoms with E-state index in [1.165, 1.54) is 0 Å². The van der Waals surface area contributed by atoms with Gasteiger partial charge in [-0.05, 0) is 40.2 Å². The van der Waals surface area contributed by atoms with Crippen LogP contribution in [-0.2, 0) is 0 Å². The van der Waals surface area contributed by atoms with Gasteiger partial charge in [0.1, 0.15) is 11.4 Å². The number of ether oxygens (including phenoxy) is 1. The average Bonchev–Trinajstić information content (AvgIpc) is 3.19. The molecule has 22 heavy (non-hydrogen) atoms. The van der Waals surface area contributed by atoms with Crippen molar-refractivity contribution in [1.29, 1.82) is 0 Å². The number of aromatic nitrogens is 3. The molecule has 0 N–H and O–H groups in total. The van der Waals surface area contributed by atoms with Gasteiger partial charge in [0, 0.05) is 6.07 Å². The Bertz CT molecular complexity index is 917. The Morgan fingerprint density at radius 3 is 2.73 bits per heavy atom. The van der Waals surface area contributed by atoms with Crippen LogP contribution in [0.3, 0.4) is 0 Å². The lowest BCUT2D eigenvalue weighted by atomic mass is 10.3. The Labute approximate surface area is 134 Å². The standard InChI is InChI=1S/C16H10BrN3O2/c17-12-10-18-20-15(22-11-5-2-1-3-6-11)9-13(19-16(12)20)14-7-4-8-21-14/h1-10H. The molecule has 0 radical (unpaired) electrons. The molecule has 0 unspecified atom stereocenters. The van der Waals surface area contributed by atoms with Crippen LogP contribution in [0, 0.1) is 0 Å². The Hall–Kier alpha value is -2.60. The zero-order chi connectivity index (χ0) is 14.9. The van der Waals surface area contributed by atoms with Gasteiger partial charge in [-0.25, -0.2) is 4.98 Å². The quantitative estimate of drug-likeness (QED) is 0.541. The molecule has 0 atom stereocenters. The first-order chi connectivity index (χ1) is 10.8. The molecule has 0 aliphatic carbocycles. The Morgan fingerprint density at radius 2 is 1.95 bits per heavy atom. The molecule has 0 saturated heterocycles. The van der Waals surface area contributed by atoms with Crippen molar-refractivity contribution in [2.75, 3.05) is 0 Å². The van der Waals surface area contributed by atoms with E-state index < -0.39 is 0 Å². The summed E-state index contributed by atoms with van der Waals surface area (Å²) in [6.07, 6.45) is 3.30. The van der Waals surface area contributed by atoms with Gasteiger partial charge < -0.3 is 9.15 Å². The third-order valence-corrected chi connectivity index (χ3v) is 3.69. The zero-order valence-corrected chi connectivity index (χ0v) is 12.9. The summed E-state index contributed by atoms with van der Waals surface area (Å²) in [5.74, 6) is 1.97. The normalized spacial score (nSPS) is 11.0. The highest BCUT2D eigenvalue weighted by molar-refractivity contribution is 9.10. The summed E-state index contributed by atoms with van der Waals surface area (Å²) >= 11 is 3.45. The van der Waals surface area contributed by atoms with Gasteiger partial charge >= 0.3 is 0 Å². The third kappa shape index (κ3) is 2.27. The first-order valence-electron chi connectivity index (χ1n) is 6.62. The highest BCUT2D eigenvalue weighted by Crippen LogP contribution is 2.29. The smallest absolute Gasteiger partial charge is 0.224 e. The zero-order valence-electron chi connectivity index (χ0n) is 11.3. The van der Waals surface area contributed by atoms with E-state index >= 15 is 0 Å². The summed E-state index contributed by atoms with van der Waals surface area (Å²) in [6.45, 7) is 0. The first kappa shape index (κ1) is 13.1. The maximum absolute atomic E-state index is 5.94. The van der Waals surface area contributed by atoms with E-state index in [1.54, 1.807) is 23.0 Å². The van der Waals surface area contributed by atoms with Gasteiger partial charge in [0.05, 0.1) is 16.9 Å². The monoisotopic (exact) mass is 355 g/mol. The van der Waals surface area contributed by atoms with Crippen LogP contribution in [0.4, 0.5) is 0 Å². The minimum atomic E-state index is 0.563. The van der Waals surface area contributed by atoms with Gasteiger partial charge in [-0.3, -0.25) is 0 Å². The fourth-order valence-electron chi connectivity index (χ4n) is 2.14. The molecule has 3 heterocycles. The Balaban J connectivity index is 1.88. The number of halogens is 1. The van der Waals surface area contributed by atoms with Crippen molar-refractivity contribution in [2.24, 2.45) is 0 Å². The van der Waals surface area contributed by atoms with Gasteiger partial charge in [-0.15, -0.1) is 0 Å². The summed E-state index contributed by atoms with van der Waals surface area (Å²) in [4.78, 5) is 4.56. The summed E-state index contributed by atoms with van der Waals surface area (Å²) in [6, 6.07) is 15.0. The molecule has 4 rings (SSSR count). The largest absolute Gasteiger partial charge is 0.463 e. The molecule has 0 saturated carbocycles. The molecule has 0 fully saturated rings. The van der Waals surface area contributed by atoms with E-state index in [0.29, 0.717) is 23.0 Å². The molecule has 0 amide bonds. The lowest BCUT2D eigenvalue weighted by Gasteiger charge is -2.08. The second-order valence-electron chi connectivity index (χ2n) is 4.60. The minimum Gasteiger partial charge on any atom is -0.463 e. The summed E-state index contributed by atoms with van der Waals surface area (Å²) in [7, 11) is 0. The van der Waals surface area contributed by atoms with E-state index in [4.69, 9.17) is 9.15 Å². The molecule has 0 bridgehead atoms. The number of para-hydroxylation sites is 1. The van der Waals surface area contributed by atoms with Crippen molar-refractivity contribution in [1.82, 2.24) is 14.6 Å². The second-order valence-corrected chi connectivity index (χ2v) is 5.45. The highest BCUT2D eigenvalue weighted by Gasteiger charge is 2.14. The molecule has 1 aromatic carbocycles. The predicted molar refractivity (Wildman–Crippen MR) is 84.9 cm³/mol. The second kappa shape index (κ2) is 5.31. The van der Waals surface area contributed by atoms with Crippen LogP contribution in [0.5, 0.6) is 11.6 Å². The van der Waals surface area contributed by atoms with Gasteiger partial charge in [-0.1, -0.05) is 18.2 Å². The summed E-state index contributed by atoms with van der Waals surface area (Å²) in [5, 5.41) is 4.29. The molecular formula is C16H10BrN3O2. The molecule has 0 spiro atoms. The number of fused-ring (bicyclic) bond motifs is 1. The molecule has 0 aliphatic rings. The summed E-state index contributed by atoms with van der Waals surface area (Å²) in [5.41, 5.74) is 1.35. The van der Waals surface area contributed by atoms with Crippen LogP contribution in [0.2, 0.25) is 0 Å². The van der Waals surface area contributed by atoms with Crippen molar-refractivity contribution in [3.63, 3.8) is 0 Å². The minimum absolute atomic E-state index is 0.563. The SMILES string of the molecule is Brc1cnn2c(Oc3ccccc3)cc(-c3ccco3)nc12. The Morgan fingerprint density at radius 1 is 1.09 bits per heavy atom. The molecular weight excluding hydrogens is 346 g/mol. The van der Waals surface area contributed by atoms with Gasteiger partial charge in [0.15, 0.2) is 11.4 Å². The van der Waals surface area contributed by atoms with Crippen molar-refractivity contribution >= 4 is 21.6 Å². The topological polar surface area (TPSA) is 52.6 Å². The van der Waals surface area contributed by atoms with Crippen LogP contribution in [0.25, 0.3) is 17.1 Å². The molecule has 0 aliphatic heterocycles. The van der Waals surface area contributed by atoms with Crippen LogP contribution in [0.15, 0.2) is 69.9 Å². The van der Waals surface area contributed by atoms with E-state index in [2.05, 4.69) is 26.0 Å². The van der Waals surface area contributed by atoms with Gasteiger partial charge in [0.2, 0.25) is 5.88 Å². The Kier molecular flexibility index (Phi) is 3.16. The van der Waals surface area contributed by atoms with Gasteiger partial charge in [-0.2, -0.15) is 9.61 Å². The van der Waals surface area contributed by atoms with Gasteiger partial charge in [0.25, 0.3) is 0 Å². The van der Waals surface area contributed by atoms with E-state index in [0.717, 1.165) is 10.2 Å². The number of furan rings is 1. The molecule has 6 heteroatoms. The number of nitrogens with zero attached hydrogens (tertiary/aromatic N) is 3. The molecule has 4 aromatic rings. The van der Waals surface area contributed by atoms with E-state index in [9.17, 15) is 0 Å². The maximum atomic E-state index is 5.94. The third-order valence-electron chi connectivity index (χ3n) is 3.14. The van der Waals surface area contributed by atoms with E-state index in [-0.39, 0.29) is 0 Å². The summed E-state index contributed by atoms with van der Waals surface area (Å²) < 4.78 is 13.8. The van der Waals surface area contributed by atoms with Crippen molar-refractivity contribution in [3.05, 3.63) is 65.5 Å². The number of benzene rings is 1. The van der Waals surface area contributed by atoms with Crippen LogP contribution in [-0.4, -0.2) is 14.6 Å². The fourth-order valence-corrected chi connectivity index (χ4v) is 2.49. The van der Waals surface area contributed by atoms with Crippen molar-refractivity contribution < 1.29 is 9.15 Å². The lowest BCUT2D eigenvalue weighted by molar-refractivity contribution is 0.446. The molecule has 5 nitrogen and oxygen atoms in total. The van der Waals surface area contributed by atoms with Crippen molar-refractivity contribution in [2.45, 2.75) is 0 Å². The molecule has 3 aromatic heterocycles. The van der Waals surface area contributed by atoms with Crippen LogP contribution >= 0.6 is 15.9 Å². The predicted octanol–water partition coefficient (Wildman–Crippen LogP) is 4.54. The maximum Gasteiger partial charge on any atom is 0.224 e. The number of hydrogen-bond acceptors (Lipinski definition) is 4. The van der Waals surface area contributed by atoms with Crippen LogP contribution < -0.4 is 4.74 Å². The fraction of sp³-hybridized carbons (Fsp3) is 0. The van der Waals surface area contributed by atoms with Crippen molar-refractivity contribution in [3.8, 4) is 23.1 Å².